The molecule has 1 aliphatic rings. The van der Waals surface area contributed by atoms with Gasteiger partial charge in [-0.05, 0) is 57.7 Å². The van der Waals surface area contributed by atoms with Gasteiger partial charge in [0.05, 0.1) is 5.52 Å². The molecule has 0 radical (unpaired) electrons. The van der Waals surface area contributed by atoms with E-state index in [-0.39, 0.29) is 11.9 Å². The summed E-state index contributed by atoms with van der Waals surface area (Å²) in [7, 11) is 0. The van der Waals surface area contributed by atoms with Gasteiger partial charge in [-0.2, -0.15) is 0 Å². The van der Waals surface area contributed by atoms with E-state index in [1.807, 2.05) is 0 Å². The smallest absolute Gasteiger partial charge is 0.420 e. The van der Waals surface area contributed by atoms with Gasteiger partial charge in [0.2, 0.25) is 0 Å². The number of aromatic nitrogens is 1. The lowest BCUT2D eigenvalue weighted by Crippen LogP contribution is -2.30. The lowest BCUT2D eigenvalue weighted by molar-refractivity contribution is -0.154. The van der Waals surface area contributed by atoms with Gasteiger partial charge in [0.1, 0.15) is 12.1 Å². The van der Waals surface area contributed by atoms with Gasteiger partial charge >= 0.3 is 11.7 Å². The predicted molar refractivity (Wildman–Crippen MR) is 88.2 cm³/mol. The van der Waals surface area contributed by atoms with Crippen molar-refractivity contribution >= 4 is 22.9 Å². The molecule has 6 heteroatoms. The van der Waals surface area contributed by atoms with E-state index in [2.05, 4.69) is 0 Å². The lowest BCUT2D eigenvalue weighted by atomic mass is 9.98. The number of hydrogen-bond donors (Lipinski definition) is 0. The van der Waals surface area contributed by atoms with Crippen LogP contribution in [0.15, 0.2) is 27.4 Å². The van der Waals surface area contributed by atoms with E-state index < -0.39 is 17.8 Å². The summed E-state index contributed by atoms with van der Waals surface area (Å²) in [5, 5.41) is 0. The number of hydrogen-bond acceptors (Lipinski definition) is 5. The third-order valence-electron chi connectivity index (χ3n) is 4.58. The van der Waals surface area contributed by atoms with Crippen LogP contribution in [0, 0.1) is 0 Å². The molecule has 0 bridgehead atoms. The molecule has 0 spiro atoms. The number of fused-ring (bicyclic) bond motifs is 1. The zero-order chi connectivity index (χ0) is 17.3. The molecule has 2 aromatic rings. The molecular formula is C18H21NO5. The van der Waals surface area contributed by atoms with Crippen molar-refractivity contribution < 1.29 is 18.7 Å². The molecule has 24 heavy (non-hydrogen) atoms. The van der Waals surface area contributed by atoms with Crippen molar-refractivity contribution in [3.05, 3.63) is 34.3 Å². The highest BCUT2D eigenvalue weighted by molar-refractivity contribution is 5.97. The summed E-state index contributed by atoms with van der Waals surface area (Å²) in [5.41, 5.74) is 1.24. The van der Waals surface area contributed by atoms with Gasteiger partial charge in [0, 0.05) is 5.56 Å². The minimum absolute atomic E-state index is 0.0631. The van der Waals surface area contributed by atoms with Crippen molar-refractivity contribution in [3.8, 4) is 0 Å². The van der Waals surface area contributed by atoms with Crippen LogP contribution in [0.5, 0.6) is 0 Å². The maximum Gasteiger partial charge on any atom is 0.420 e. The van der Waals surface area contributed by atoms with Crippen LogP contribution in [0.2, 0.25) is 0 Å². The molecule has 1 heterocycles. The van der Waals surface area contributed by atoms with Gasteiger partial charge in [0.15, 0.2) is 11.4 Å². The van der Waals surface area contributed by atoms with Crippen molar-refractivity contribution in [2.24, 2.45) is 0 Å². The zero-order valence-electron chi connectivity index (χ0n) is 13.9. The van der Waals surface area contributed by atoms with Crippen molar-refractivity contribution in [2.45, 2.75) is 58.1 Å². The summed E-state index contributed by atoms with van der Waals surface area (Å²) < 4.78 is 12.0. The first-order valence-corrected chi connectivity index (χ1v) is 8.34. The average Bonchev–Trinajstić information content (AvgIpc) is 2.89. The predicted octanol–water partition coefficient (Wildman–Crippen LogP) is 3.23. The van der Waals surface area contributed by atoms with Crippen LogP contribution in [-0.2, 0) is 9.53 Å². The molecule has 128 valence electrons. The number of ketones is 1. The summed E-state index contributed by atoms with van der Waals surface area (Å²) in [6.45, 7) is 3.07. The number of carbonyl (C=O) groups is 2. The standard InChI is InChI=1S/C18H21NO5/c1-11(17(21)23-14-6-4-3-5-7-14)19-15-9-8-13(12(2)20)10-16(15)24-18(19)22/h8-11,14H,3-7H2,1-2H3. The number of ether oxygens (including phenoxy) is 1. The van der Waals surface area contributed by atoms with Crippen molar-refractivity contribution in [2.75, 3.05) is 0 Å². The maximum absolute atomic E-state index is 12.4. The zero-order valence-corrected chi connectivity index (χ0v) is 13.9. The SMILES string of the molecule is CC(=O)c1ccc2c(c1)oc(=O)n2C(C)C(=O)OC1CCCCC1. The molecule has 1 aromatic carbocycles. The summed E-state index contributed by atoms with van der Waals surface area (Å²) in [4.78, 5) is 36.0. The lowest BCUT2D eigenvalue weighted by Gasteiger charge is -2.23. The molecule has 0 saturated heterocycles. The summed E-state index contributed by atoms with van der Waals surface area (Å²) in [6.07, 6.45) is 4.99. The molecule has 6 nitrogen and oxygen atoms in total. The van der Waals surface area contributed by atoms with E-state index in [4.69, 9.17) is 9.15 Å². The fraction of sp³-hybridized carbons (Fsp3) is 0.500. The Morgan fingerprint density at radius 2 is 1.96 bits per heavy atom. The molecular weight excluding hydrogens is 310 g/mol. The Morgan fingerprint density at radius 1 is 1.25 bits per heavy atom. The second-order valence-corrected chi connectivity index (χ2v) is 6.35. The first kappa shape index (κ1) is 16.5. The third kappa shape index (κ3) is 3.13. The van der Waals surface area contributed by atoms with Crippen LogP contribution in [0.4, 0.5) is 0 Å². The normalized spacial score (nSPS) is 16.9. The van der Waals surface area contributed by atoms with Crippen LogP contribution in [-0.4, -0.2) is 22.4 Å². The molecule has 1 aliphatic carbocycles. The van der Waals surface area contributed by atoms with Gasteiger partial charge in [-0.1, -0.05) is 6.42 Å². The number of benzene rings is 1. The highest BCUT2D eigenvalue weighted by Crippen LogP contribution is 2.24. The number of oxazole rings is 1. The van der Waals surface area contributed by atoms with Gasteiger partial charge < -0.3 is 9.15 Å². The largest absolute Gasteiger partial charge is 0.461 e. The fourth-order valence-corrected chi connectivity index (χ4v) is 3.17. The molecule has 1 unspecified atom stereocenters. The first-order valence-electron chi connectivity index (χ1n) is 8.34. The van der Waals surface area contributed by atoms with E-state index >= 15 is 0 Å². The van der Waals surface area contributed by atoms with E-state index in [0.717, 1.165) is 25.7 Å². The second-order valence-electron chi connectivity index (χ2n) is 6.35. The Balaban J connectivity index is 1.87. The van der Waals surface area contributed by atoms with E-state index in [1.165, 1.54) is 24.0 Å². The number of Topliss-reactive ketones (excluding diaryl/α,β-unsaturated/α-hetero) is 1. The van der Waals surface area contributed by atoms with Crippen LogP contribution in [0.1, 0.15) is 62.4 Å². The van der Waals surface area contributed by atoms with Crippen molar-refractivity contribution in [1.82, 2.24) is 4.57 Å². The Kier molecular flexibility index (Phi) is 4.55. The Hall–Kier alpha value is -2.37. The number of esters is 1. The van der Waals surface area contributed by atoms with Gasteiger partial charge in [0.25, 0.3) is 0 Å². The summed E-state index contributed by atoms with van der Waals surface area (Å²) >= 11 is 0. The molecule has 0 N–H and O–H groups in total. The van der Waals surface area contributed by atoms with E-state index in [0.29, 0.717) is 16.7 Å². The molecule has 0 amide bonds. The highest BCUT2D eigenvalue weighted by Gasteiger charge is 2.26. The minimum atomic E-state index is -0.774. The van der Waals surface area contributed by atoms with Crippen LogP contribution < -0.4 is 5.76 Å². The number of rotatable bonds is 4. The molecule has 1 atom stereocenters. The quantitative estimate of drug-likeness (QED) is 0.635. The Labute approximate surface area is 139 Å². The second kappa shape index (κ2) is 6.63. The summed E-state index contributed by atoms with van der Waals surface area (Å²) in [6, 6.07) is 4.00. The third-order valence-corrected chi connectivity index (χ3v) is 4.58. The van der Waals surface area contributed by atoms with Crippen LogP contribution in [0.25, 0.3) is 11.1 Å². The fourth-order valence-electron chi connectivity index (χ4n) is 3.17. The van der Waals surface area contributed by atoms with Crippen LogP contribution in [0.3, 0.4) is 0 Å². The summed E-state index contributed by atoms with van der Waals surface area (Å²) in [5.74, 6) is -1.17. The van der Waals surface area contributed by atoms with E-state index in [1.54, 1.807) is 19.1 Å². The minimum Gasteiger partial charge on any atom is -0.461 e. The van der Waals surface area contributed by atoms with Crippen molar-refractivity contribution in [3.63, 3.8) is 0 Å². The highest BCUT2D eigenvalue weighted by atomic mass is 16.5. The van der Waals surface area contributed by atoms with Gasteiger partial charge in [-0.25, -0.2) is 9.59 Å². The molecule has 1 saturated carbocycles. The molecule has 3 rings (SSSR count). The monoisotopic (exact) mass is 331 g/mol. The van der Waals surface area contributed by atoms with Crippen molar-refractivity contribution in [1.29, 1.82) is 0 Å². The van der Waals surface area contributed by atoms with Crippen LogP contribution >= 0.6 is 0 Å². The number of nitrogens with zero attached hydrogens (tertiary/aromatic N) is 1. The molecule has 0 aliphatic heterocycles. The molecule has 1 fully saturated rings. The topological polar surface area (TPSA) is 78.5 Å². The Morgan fingerprint density at radius 3 is 2.62 bits per heavy atom. The number of carbonyl (C=O) groups excluding carboxylic acids is 2. The van der Waals surface area contributed by atoms with Gasteiger partial charge in [-0.15, -0.1) is 0 Å². The van der Waals surface area contributed by atoms with Gasteiger partial charge in [-0.3, -0.25) is 9.36 Å². The Bertz CT molecular complexity index is 826. The first-order chi connectivity index (χ1) is 11.5. The van der Waals surface area contributed by atoms with E-state index in [9.17, 15) is 14.4 Å². The average molecular weight is 331 g/mol. The maximum atomic E-state index is 12.4. The molecule has 1 aromatic heterocycles.